The summed E-state index contributed by atoms with van der Waals surface area (Å²) in [6, 6.07) is 8.38. The zero-order chi connectivity index (χ0) is 13.2. The summed E-state index contributed by atoms with van der Waals surface area (Å²) < 4.78 is 0. The standard InChI is InChI=1S/C13H12N4O2/c18-12-4-3-11(16-17-12)15-13(19)8-1-2-9-6-14-7-10(9)5-8/h1-5,14H,6-7H2,(H,17,18)(H,15,16,19). The van der Waals surface area contributed by atoms with Crippen molar-refractivity contribution < 1.29 is 4.79 Å². The number of carbonyl (C=O) groups excluding carboxylic acids is 1. The molecule has 2 heterocycles. The second kappa shape index (κ2) is 4.66. The number of carbonyl (C=O) groups is 1. The molecule has 0 bridgehead atoms. The van der Waals surface area contributed by atoms with E-state index in [9.17, 15) is 9.59 Å². The van der Waals surface area contributed by atoms with E-state index >= 15 is 0 Å². The molecule has 6 heteroatoms. The minimum atomic E-state index is -0.304. The fourth-order valence-electron chi connectivity index (χ4n) is 2.04. The minimum absolute atomic E-state index is 0.241. The molecule has 0 atom stereocenters. The molecule has 1 aromatic heterocycles. The molecular weight excluding hydrogens is 244 g/mol. The van der Waals surface area contributed by atoms with Crippen molar-refractivity contribution in [2.75, 3.05) is 5.32 Å². The first-order valence-electron chi connectivity index (χ1n) is 5.92. The number of amides is 1. The van der Waals surface area contributed by atoms with Gasteiger partial charge in [-0.2, -0.15) is 5.10 Å². The number of hydrogen-bond acceptors (Lipinski definition) is 4. The van der Waals surface area contributed by atoms with Gasteiger partial charge < -0.3 is 10.6 Å². The van der Waals surface area contributed by atoms with E-state index in [1.165, 1.54) is 17.7 Å². The largest absolute Gasteiger partial charge is 0.309 e. The van der Waals surface area contributed by atoms with Gasteiger partial charge >= 0.3 is 0 Å². The third kappa shape index (κ3) is 2.38. The number of aromatic nitrogens is 2. The van der Waals surface area contributed by atoms with E-state index in [-0.39, 0.29) is 11.5 Å². The van der Waals surface area contributed by atoms with Crippen LogP contribution in [0.15, 0.2) is 35.1 Å². The van der Waals surface area contributed by atoms with Gasteiger partial charge in [0.25, 0.3) is 11.5 Å². The van der Waals surface area contributed by atoms with Gasteiger partial charge in [-0.15, -0.1) is 0 Å². The molecule has 0 saturated heterocycles. The van der Waals surface area contributed by atoms with E-state index in [0.29, 0.717) is 11.4 Å². The van der Waals surface area contributed by atoms with Gasteiger partial charge in [-0.1, -0.05) is 6.07 Å². The second-order valence-electron chi connectivity index (χ2n) is 4.35. The third-order valence-electron chi connectivity index (χ3n) is 3.02. The number of aromatic amines is 1. The average Bonchev–Trinajstić information content (AvgIpc) is 2.88. The molecule has 1 aliphatic heterocycles. The van der Waals surface area contributed by atoms with Gasteiger partial charge in [0.15, 0.2) is 5.82 Å². The lowest BCUT2D eigenvalue weighted by Gasteiger charge is -2.05. The predicted molar refractivity (Wildman–Crippen MR) is 69.8 cm³/mol. The van der Waals surface area contributed by atoms with Crippen molar-refractivity contribution in [3.63, 3.8) is 0 Å². The lowest BCUT2D eigenvalue weighted by molar-refractivity contribution is 0.102. The number of anilines is 1. The first-order valence-corrected chi connectivity index (χ1v) is 5.92. The Balaban J connectivity index is 1.80. The Bertz CT molecular complexity index is 673. The van der Waals surface area contributed by atoms with Crippen LogP contribution >= 0.6 is 0 Å². The zero-order valence-corrected chi connectivity index (χ0v) is 10.1. The van der Waals surface area contributed by atoms with Crippen molar-refractivity contribution in [2.45, 2.75) is 13.1 Å². The summed E-state index contributed by atoms with van der Waals surface area (Å²) in [6.07, 6.45) is 0. The summed E-state index contributed by atoms with van der Waals surface area (Å²) in [5.41, 5.74) is 2.64. The summed E-state index contributed by atoms with van der Waals surface area (Å²) in [5.74, 6) is 0.0810. The Morgan fingerprint density at radius 3 is 2.79 bits per heavy atom. The summed E-state index contributed by atoms with van der Waals surface area (Å²) >= 11 is 0. The highest BCUT2D eigenvalue weighted by molar-refractivity contribution is 6.03. The number of H-pyrrole nitrogens is 1. The Morgan fingerprint density at radius 1 is 1.16 bits per heavy atom. The molecular formula is C13H12N4O2. The Labute approximate surface area is 108 Å². The first kappa shape index (κ1) is 11.6. The molecule has 96 valence electrons. The fraction of sp³-hybridized carbons (Fsp3) is 0.154. The van der Waals surface area contributed by atoms with Gasteiger partial charge in [0, 0.05) is 24.7 Å². The van der Waals surface area contributed by atoms with Crippen LogP contribution in [-0.2, 0) is 13.1 Å². The molecule has 0 saturated carbocycles. The zero-order valence-electron chi connectivity index (χ0n) is 10.1. The third-order valence-corrected chi connectivity index (χ3v) is 3.02. The molecule has 0 aliphatic carbocycles. The molecule has 2 aromatic rings. The predicted octanol–water partition coefficient (Wildman–Crippen LogP) is 0.625. The van der Waals surface area contributed by atoms with E-state index in [0.717, 1.165) is 18.7 Å². The van der Waals surface area contributed by atoms with Gasteiger partial charge in [-0.3, -0.25) is 9.59 Å². The summed E-state index contributed by atoms with van der Waals surface area (Å²) in [4.78, 5) is 22.9. The van der Waals surface area contributed by atoms with Crippen molar-refractivity contribution in [2.24, 2.45) is 0 Å². The van der Waals surface area contributed by atoms with Crippen LogP contribution in [0, 0.1) is 0 Å². The SMILES string of the molecule is O=C(Nc1ccc(=O)[nH]n1)c1ccc2c(c1)CNC2. The molecule has 1 aromatic carbocycles. The minimum Gasteiger partial charge on any atom is -0.309 e. The highest BCUT2D eigenvalue weighted by Crippen LogP contribution is 2.17. The maximum atomic E-state index is 12.0. The smallest absolute Gasteiger partial charge is 0.264 e. The molecule has 6 nitrogen and oxygen atoms in total. The van der Waals surface area contributed by atoms with Crippen molar-refractivity contribution in [1.82, 2.24) is 15.5 Å². The number of hydrogen-bond donors (Lipinski definition) is 3. The molecule has 1 amide bonds. The molecule has 0 fully saturated rings. The van der Waals surface area contributed by atoms with E-state index in [1.54, 1.807) is 6.07 Å². The van der Waals surface area contributed by atoms with E-state index in [2.05, 4.69) is 20.8 Å². The quantitative estimate of drug-likeness (QED) is 0.735. The Kier molecular flexibility index (Phi) is 2.85. The van der Waals surface area contributed by atoms with Crippen LogP contribution in [0.3, 0.4) is 0 Å². The van der Waals surface area contributed by atoms with Crippen LogP contribution in [0.5, 0.6) is 0 Å². The number of benzene rings is 1. The van der Waals surface area contributed by atoms with E-state index in [4.69, 9.17) is 0 Å². The summed E-state index contributed by atoms with van der Waals surface area (Å²) in [6.45, 7) is 1.63. The van der Waals surface area contributed by atoms with Crippen LogP contribution in [0.2, 0.25) is 0 Å². The van der Waals surface area contributed by atoms with Crippen molar-refractivity contribution in [1.29, 1.82) is 0 Å². The van der Waals surface area contributed by atoms with Crippen molar-refractivity contribution in [3.8, 4) is 0 Å². The molecule has 0 spiro atoms. The number of fused-ring (bicyclic) bond motifs is 1. The molecule has 1 aliphatic rings. The van der Waals surface area contributed by atoms with Crippen LogP contribution in [0.4, 0.5) is 5.82 Å². The summed E-state index contributed by atoms with van der Waals surface area (Å²) in [7, 11) is 0. The highest BCUT2D eigenvalue weighted by Gasteiger charge is 2.13. The van der Waals surface area contributed by atoms with Gasteiger partial charge in [0.05, 0.1) is 0 Å². The Hall–Kier alpha value is -2.47. The van der Waals surface area contributed by atoms with Gasteiger partial charge in [-0.05, 0) is 29.3 Å². The summed E-state index contributed by atoms with van der Waals surface area (Å²) in [5, 5.41) is 11.9. The van der Waals surface area contributed by atoms with Crippen LogP contribution in [0.25, 0.3) is 0 Å². The number of nitrogens with zero attached hydrogens (tertiary/aromatic N) is 1. The van der Waals surface area contributed by atoms with E-state index < -0.39 is 0 Å². The first-order chi connectivity index (χ1) is 9.22. The van der Waals surface area contributed by atoms with Gasteiger partial charge in [0.2, 0.25) is 0 Å². The molecule has 19 heavy (non-hydrogen) atoms. The van der Waals surface area contributed by atoms with Crippen LogP contribution in [0.1, 0.15) is 21.5 Å². The topological polar surface area (TPSA) is 86.9 Å². The maximum absolute atomic E-state index is 12.0. The lowest BCUT2D eigenvalue weighted by Crippen LogP contribution is -2.16. The Morgan fingerprint density at radius 2 is 2.00 bits per heavy atom. The number of rotatable bonds is 2. The van der Waals surface area contributed by atoms with Gasteiger partial charge in [-0.25, -0.2) is 5.10 Å². The molecule has 0 radical (unpaired) electrons. The monoisotopic (exact) mass is 256 g/mol. The molecule has 0 unspecified atom stereocenters. The lowest BCUT2D eigenvalue weighted by atomic mass is 10.1. The highest BCUT2D eigenvalue weighted by atomic mass is 16.2. The average molecular weight is 256 g/mol. The van der Waals surface area contributed by atoms with Crippen molar-refractivity contribution in [3.05, 3.63) is 57.4 Å². The normalized spacial score (nSPS) is 13.1. The van der Waals surface area contributed by atoms with Gasteiger partial charge in [0.1, 0.15) is 0 Å². The second-order valence-corrected chi connectivity index (χ2v) is 4.35. The number of nitrogens with one attached hydrogen (secondary N) is 3. The molecule has 3 rings (SSSR count). The molecule has 3 N–H and O–H groups in total. The fourth-order valence-corrected chi connectivity index (χ4v) is 2.04. The van der Waals surface area contributed by atoms with E-state index in [1.807, 2.05) is 12.1 Å². The van der Waals surface area contributed by atoms with Crippen molar-refractivity contribution >= 4 is 11.7 Å². The van der Waals surface area contributed by atoms with Crippen LogP contribution < -0.4 is 16.2 Å². The van der Waals surface area contributed by atoms with Crippen LogP contribution in [-0.4, -0.2) is 16.1 Å². The maximum Gasteiger partial charge on any atom is 0.264 e.